The van der Waals surface area contributed by atoms with Crippen LogP contribution in [0.15, 0.2) is 41.9 Å². The maximum Gasteiger partial charge on any atom is 0.138 e. The second-order valence-electron chi connectivity index (χ2n) is 6.18. The lowest BCUT2D eigenvalue weighted by atomic mass is 10.0. The van der Waals surface area contributed by atoms with E-state index in [2.05, 4.69) is 36.1 Å². The number of halogens is 1. The van der Waals surface area contributed by atoms with Gasteiger partial charge >= 0.3 is 0 Å². The van der Waals surface area contributed by atoms with E-state index >= 15 is 0 Å². The SMILES string of the molecule is CC.CNc1ncncc1/C(=N\N(C)C(C)(C)C)c1ccc(Cl)cc1. The molecule has 6 heteroatoms. The second-order valence-corrected chi connectivity index (χ2v) is 6.62. The lowest BCUT2D eigenvalue weighted by Gasteiger charge is -2.30. The highest BCUT2D eigenvalue weighted by Gasteiger charge is 2.19. The van der Waals surface area contributed by atoms with E-state index in [-0.39, 0.29) is 5.54 Å². The van der Waals surface area contributed by atoms with Gasteiger partial charge in [0.2, 0.25) is 0 Å². The summed E-state index contributed by atoms with van der Waals surface area (Å²) in [5, 5.41) is 10.5. The number of aromatic nitrogens is 2. The zero-order valence-electron chi connectivity index (χ0n) is 16.1. The molecular weight excluding hydrogens is 334 g/mol. The van der Waals surface area contributed by atoms with Crippen LogP contribution in [-0.4, -0.2) is 40.3 Å². The molecule has 1 aromatic heterocycles. The summed E-state index contributed by atoms with van der Waals surface area (Å²) in [6.45, 7) is 10.3. The molecular formula is C19H28ClN5. The minimum Gasteiger partial charge on any atom is -0.372 e. The summed E-state index contributed by atoms with van der Waals surface area (Å²) in [5.41, 5.74) is 2.49. The number of nitrogens with zero attached hydrogens (tertiary/aromatic N) is 4. The monoisotopic (exact) mass is 361 g/mol. The molecule has 0 saturated heterocycles. The Bertz CT molecular complexity index is 690. The average molecular weight is 362 g/mol. The van der Waals surface area contributed by atoms with Gasteiger partial charge in [0.25, 0.3) is 0 Å². The highest BCUT2D eigenvalue weighted by Crippen LogP contribution is 2.21. The van der Waals surface area contributed by atoms with E-state index in [9.17, 15) is 0 Å². The molecule has 0 saturated carbocycles. The summed E-state index contributed by atoms with van der Waals surface area (Å²) in [6, 6.07) is 7.60. The first-order chi connectivity index (χ1) is 11.8. The largest absolute Gasteiger partial charge is 0.372 e. The van der Waals surface area contributed by atoms with E-state index in [0.29, 0.717) is 5.02 Å². The van der Waals surface area contributed by atoms with Gasteiger partial charge in [0, 0.05) is 36.4 Å². The molecule has 136 valence electrons. The van der Waals surface area contributed by atoms with Crippen molar-refractivity contribution in [3.63, 3.8) is 0 Å². The second kappa shape index (κ2) is 9.37. The average Bonchev–Trinajstić information content (AvgIpc) is 2.61. The highest BCUT2D eigenvalue weighted by atomic mass is 35.5. The number of benzene rings is 1. The Labute approximate surface area is 156 Å². The lowest BCUT2D eigenvalue weighted by Crippen LogP contribution is -2.35. The number of nitrogens with one attached hydrogen (secondary N) is 1. The van der Waals surface area contributed by atoms with Crippen molar-refractivity contribution < 1.29 is 0 Å². The maximum absolute atomic E-state index is 6.01. The third kappa shape index (κ3) is 5.71. The third-order valence-electron chi connectivity index (χ3n) is 3.54. The summed E-state index contributed by atoms with van der Waals surface area (Å²) >= 11 is 6.01. The number of hydrogen-bond acceptors (Lipinski definition) is 5. The van der Waals surface area contributed by atoms with Crippen LogP contribution in [0.2, 0.25) is 5.02 Å². The molecule has 1 aromatic carbocycles. The van der Waals surface area contributed by atoms with Crippen LogP contribution in [0.1, 0.15) is 45.7 Å². The fourth-order valence-corrected chi connectivity index (χ4v) is 2.00. The summed E-state index contributed by atoms with van der Waals surface area (Å²) in [7, 11) is 3.79. The Kier molecular flexibility index (Phi) is 7.84. The van der Waals surface area contributed by atoms with Crippen LogP contribution in [-0.2, 0) is 0 Å². The van der Waals surface area contributed by atoms with Crippen molar-refractivity contribution in [1.82, 2.24) is 15.0 Å². The van der Waals surface area contributed by atoms with Crippen molar-refractivity contribution in [3.8, 4) is 0 Å². The zero-order chi connectivity index (χ0) is 19.0. The molecule has 0 atom stereocenters. The van der Waals surface area contributed by atoms with E-state index in [4.69, 9.17) is 16.7 Å². The molecule has 2 rings (SSSR count). The standard InChI is InChI=1S/C17H22ClN5.C2H6/c1-17(2,3)23(5)22-15(12-6-8-13(18)9-7-12)14-10-20-11-21-16(14)19-4;1-2/h6-11H,1-5H3,(H,19,20,21);1-2H3/b22-15-;. The molecule has 0 amide bonds. The van der Waals surface area contributed by atoms with Crippen LogP contribution in [0.25, 0.3) is 0 Å². The van der Waals surface area contributed by atoms with Gasteiger partial charge < -0.3 is 5.32 Å². The van der Waals surface area contributed by atoms with Gasteiger partial charge in [-0.3, -0.25) is 5.01 Å². The van der Waals surface area contributed by atoms with Crippen LogP contribution in [0, 0.1) is 0 Å². The van der Waals surface area contributed by atoms with Crippen LogP contribution >= 0.6 is 11.6 Å². The fraction of sp³-hybridized carbons (Fsp3) is 0.421. The van der Waals surface area contributed by atoms with Gasteiger partial charge in [-0.05, 0) is 32.9 Å². The Morgan fingerprint density at radius 3 is 2.28 bits per heavy atom. The summed E-state index contributed by atoms with van der Waals surface area (Å²) < 4.78 is 0. The number of rotatable bonds is 4. The minimum atomic E-state index is -0.104. The molecule has 0 spiro atoms. The lowest BCUT2D eigenvalue weighted by molar-refractivity contribution is 0.184. The molecule has 0 bridgehead atoms. The fourth-order valence-electron chi connectivity index (χ4n) is 1.88. The van der Waals surface area contributed by atoms with E-state index < -0.39 is 0 Å². The summed E-state index contributed by atoms with van der Waals surface area (Å²) in [5.74, 6) is 0.732. The first-order valence-corrected chi connectivity index (χ1v) is 8.77. The van der Waals surface area contributed by atoms with Gasteiger partial charge in [0.15, 0.2) is 0 Å². The third-order valence-corrected chi connectivity index (χ3v) is 3.79. The van der Waals surface area contributed by atoms with Crippen LogP contribution < -0.4 is 5.32 Å². The predicted molar refractivity (Wildman–Crippen MR) is 108 cm³/mol. The van der Waals surface area contributed by atoms with Gasteiger partial charge in [-0.15, -0.1) is 0 Å². The van der Waals surface area contributed by atoms with E-state index in [1.54, 1.807) is 6.20 Å². The summed E-state index contributed by atoms with van der Waals surface area (Å²) in [6.07, 6.45) is 3.28. The smallest absolute Gasteiger partial charge is 0.138 e. The van der Waals surface area contributed by atoms with Crippen molar-refractivity contribution in [2.75, 3.05) is 19.4 Å². The summed E-state index contributed by atoms with van der Waals surface area (Å²) in [4.78, 5) is 8.43. The van der Waals surface area contributed by atoms with Gasteiger partial charge in [-0.2, -0.15) is 5.10 Å². The van der Waals surface area contributed by atoms with E-state index in [1.807, 2.05) is 57.2 Å². The van der Waals surface area contributed by atoms with Crippen molar-refractivity contribution in [1.29, 1.82) is 0 Å². The number of hydrogen-bond donors (Lipinski definition) is 1. The number of anilines is 1. The molecule has 2 aromatic rings. The Balaban J connectivity index is 0.00000151. The van der Waals surface area contributed by atoms with Gasteiger partial charge in [-0.25, -0.2) is 9.97 Å². The molecule has 0 radical (unpaired) electrons. The van der Waals surface area contributed by atoms with E-state index in [0.717, 1.165) is 22.7 Å². The van der Waals surface area contributed by atoms with Crippen LogP contribution in [0.4, 0.5) is 5.82 Å². The maximum atomic E-state index is 6.01. The molecule has 1 heterocycles. The highest BCUT2D eigenvalue weighted by molar-refractivity contribution is 6.30. The quantitative estimate of drug-likeness (QED) is 0.634. The molecule has 5 nitrogen and oxygen atoms in total. The first kappa shape index (κ1) is 20.9. The van der Waals surface area contributed by atoms with Crippen molar-refractivity contribution in [2.45, 2.75) is 40.2 Å². The molecule has 0 unspecified atom stereocenters. The molecule has 0 aliphatic heterocycles. The normalized spacial score (nSPS) is 11.4. The molecule has 0 aliphatic carbocycles. The Morgan fingerprint density at radius 2 is 1.76 bits per heavy atom. The molecule has 25 heavy (non-hydrogen) atoms. The van der Waals surface area contributed by atoms with Crippen molar-refractivity contribution in [3.05, 3.63) is 52.9 Å². The van der Waals surface area contributed by atoms with Crippen molar-refractivity contribution in [2.24, 2.45) is 5.10 Å². The van der Waals surface area contributed by atoms with Crippen LogP contribution in [0.3, 0.4) is 0 Å². The van der Waals surface area contributed by atoms with Gasteiger partial charge in [0.05, 0.1) is 5.56 Å². The first-order valence-electron chi connectivity index (χ1n) is 8.39. The predicted octanol–water partition coefficient (Wildman–Crippen LogP) is 4.68. The zero-order valence-corrected chi connectivity index (χ0v) is 16.9. The topological polar surface area (TPSA) is 53.4 Å². The molecule has 1 N–H and O–H groups in total. The Hall–Kier alpha value is -2.14. The van der Waals surface area contributed by atoms with Gasteiger partial charge in [-0.1, -0.05) is 37.6 Å². The Morgan fingerprint density at radius 1 is 1.16 bits per heavy atom. The van der Waals surface area contributed by atoms with Crippen LogP contribution in [0.5, 0.6) is 0 Å². The van der Waals surface area contributed by atoms with Gasteiger partial charge in [0.1, 0.15) is 17.9 Å². The van der Waals surface area contributed by atoms with E-state index in [1.165, 1.54) is 6.33 Å². The molecule has 0 aliphatic rings. The minimum absolute atomic E-state index is 0.104. The number of hydrazone groups is 1. The van der Waals surface area contributed by atoms with Crippen molar-refractivity contribution >= 4 is 23.1 Å². The molecule has 0 fully saturated rings.